The maximum Gasteiger partial charge on any atom is 0.352 e. The second-order valence-electron chi connectivity index (χ2n) is 6.76. The van der Waals surface area contributed by atoms with Gasteiger partial charge in [0.1, 0.15) is 17.1 Å². The van der Waals surface area contributed by atoms with Crippen molar-refractivity contribution in [2.24, 2.45) is 0 Å². The number of fused-ring (bicyclic) bond motifs is 2. The highest BCUT2D eigenvalue weighted by atomic mass is 35.5. The number of carbonyl (C=O) groups excluding carboxylic acids is 2. The van der Waals surface area contributed by atoms with Gasteiger partial charge in [-0.3, -0.25) is 19.5 Å². The highest BCUT2D eigenvalue weighted by Crippen LogP contribution is 2.40. The molecule has 0 radical (unpaired) electrons. The van der Waals surface area contributed by atoms with Crippen molar-refractivity contribution in [3.05, 3.63) is 46.8 Å². The SMILES string of the molecule is CC1=C(C(=O)O)N2C(=O)[C@@H](NC(=O)CNc3ccnc4cc(Cl)ccc34)[C@H]2SC1. The number of aliphatic carboxylic acids is 1. The molecule has 2 aliphatic rings. The molecule has 4 rings (SSSR count). The zero-order chi connectivity index (χ0) is 20.7. The fourth-order valence-corrected chi connectivity index (χ4v) is 4.91. The molecule has 2 aliphatic heterocycles. The van der Waals surface area contributed by atoms with Crippen LogP contribution < -0.4 is 10.6 Å². The number of carboxylic acids is 1. The molecule has 2 amide bonds. The van der Waals surface area contributed by atoms with Crippen molar-refractivity contribution in [2.75, 3.05) is 17.6 Å². The quantitative estimate of drug-likeness (QED) is 0.620. The molecule has 0 bridgehead atoms. The molecule has 0 unspecified atom stereocenters. The van der Waals surface area contributed by atoms with Crippen molar-refractivity contribution in [3.63, 3.8) is 0 Å². The van der Waals surface area contributed by atoms with Gasteiger partial charge in [0, 0.05) is 28.0 Å². The number of hydrogen-bond acceptors (Lipinski definition) is 6. The minimum atomic E-state index is -1.13. The molecular weight excluding hydrogens is 416 g/mol. The topological polar surface area (TPSA) is 112 Å². The minimum absolute atomic E-state index is 0.0179. The Labute approximate surface area is 175 Å². The van der Waals surface area contributed by atoms with Gasteiger partial charge in [-0.05, 0) is 36.8 Å². The van der Waals surface area contributed by atoms with E-state index in [1.807, 2.05) is 6.07 Å². The Morgan fingerprint density at radius 3 is 2.93 bits per heavy atom. The summed E-state index contributed by atoms with van der Waals surface area (Å²) in [5.41, 5.74) is 2.09. The molecule has 1 aromatic carbocycles. The molecular formula is C19H17ClN4O4S. The number of nitrogens with zero attached hydrogens (tertiary/aromatic N) is 2. The average molecular weight is 433 g/mol. The third-order valence-electron chi connectivity index (χ3n) is 4.82. The first-order valence-electron chi connectivity index (χ1n) is 8.82. The lowest BCUT2D eigenvalue weighted by molar-refractivity contribution is -0.150. The third kappa shape index (κ3) is 3.51. The van der Waals surface area contributed by atoms with E-state index in [1.54, 1.807) is 31.3 Å². The van der Waals surface area contributed by atoms with Gasteiger partial charge in [-0.1, -0.05) is 11.6 Å². The molecule has 0 spiro atoms. The van der Waals surface area contributed by atoms with Crippen LogP contribution in [0.15, 0.2) is 41.7 Å². The zero-order valence-electron chi connectivity index (χ0n) is 15.3. The number of amides is 2. The van der Waals surface area contributed by atoms with Crippen LogP contribution in [0.4, 0.5) is 5.69 Å². The molecule has 2 aromatic rings. The predicted molar refractivity (Wildman–Crippen MR) is 111 cm³/mol. The number of thioether (sulfide) groups is 1. The lowest BCUT2D eigenvalue weighted by Crippen LogP contribution is -2.70. The Kier molecular flexibility index (Phi) is 5.10. The summed E-state index contributed by atoms with van der Waals surface area (Å²) < 4.78 is 0. The van der Waals surface area contributed by atoms with Crippen LogP contribution in [0.2, 0.25) is 5.02 Å². The Hall–Kier alpha value is -2.78. The number of benzene rings is 1. The van der Waals surface area contributed by atoms with Gasteiger partial charge in [0.25, 0.3) is 5.91 Å². The van der Waals surface area contributed by atoms with Gasteiger partial charge >= 0.3 is 5.97 Å². The summed E-state index contributed by atoms with van der Waals surface area (Å²) in [7, 11) is 0. The van der Waals surface area contributed by atoms with Gasteiger partial charge in [0.15, 0.2) is 0 Å². The van der Waals surface area contributed by atoms with E-state index in [0.29, 0.717) is 21.9 Å². The zero-order valence-corrected chi connectivity index (χ0v) is 16.9. The van der Waals surface area contributed by atoms with Crippen molar-refractivity contribution in [2.45, 2.75) is 18.3 Å². The molecule has 10 heteroatoms. The van der Waals surface area contributed by atoms with Crippen LogP contribution in [-0.4, -0.2) is 56.5 Å². The fourth-order valence-electron chi connectivity index (χ4n) is 3.45. The van der Waals surface area contributed by atoms with Crippen molar-refractivity contribution < 1.29 is 19.5 Å². The van der Waals surface area contributed by atoms with Gasteiger partial charge in [0.05, 0.1) is 12.1 Å². The van der Waals surface area contributed by atoms with Crippen LogP contribution in [0.1, 0.15) is 6.92 Å². The van der Waals surface area contributed by atoms with E-state index in [0.717, 1.165) is 11.1 Å². The van der Waals surface area contributed by atoms with Crippen LogP contribution >= 0.6 is 23.4 Å². The number of pyridine rings is 1. The maximum atomic E-state index is 12.4. The van der Waals surface area contributed by atoms with Gasteiger partial charge in [-0.15, -0.1) is 11.8 Å². The molecule has 3 heterocycles. The number of anilines is 1. The minimum Gasteiger partial charge on any atom is -0.477 e. The van der Waals surface area contributed by atoms with E-state index in [-0.39, 0.29) is 18.1 Å². The lowest BCUT2D eigenvalue weighted by atomic mass is 10.0. The van der Waals surface area contributed by atoms with E-state index in [9.17, 15) is 19.5 Å². The number of carboxylic acid groups (broad SMARTS) is 1. The van der Waals surface area contributed by atoms with Crippen molar-refractivity contribution >= 4 is 57.7 Å². The summed E-state index contributed by atoms with van der Waals surface area (Å²) in [5, 5.41) is 16.1. The van der Waals surface area contributed by atoms with Crippen LogP contribution in [0.3, 0.4) is 0 Å². The number of nitrogens with one attached hydrogen (secondary N) is 2. The summed E-state index contributed by atoms with van der Waals surface area (Å²) >= 11 is 7.43. The number of hydrogen-bond donors (Lipinski definition) is 3. The Balaban J connectivity index is 1.41. The van der Waals surface area contributed by atoms with E-state index in [1.165, 1.54) is 16.7 Å². The number of aromatic nitrogens is 1. The molecule has 1 aromatic heterocycles. The number of halogens is 1. The summed E-state index contributed by atoms with van der Waals surface area (Å²) in [6.07, 6.45) is 1.62. The highest BCUT2D eigenvalue weighted by molar-refractivity contribution is 8.00. The van der Waals surface area contributed by atoms with Crippen molar-refractivity contribution in [1.29, 1.82) is 0 Å². The number of β-lactam (4-membered cyclic amide) rings is 1. The molecule has 1 fully saturated rings. The fraction of sp³-hybridized carbons (Fsp3) is 0.263. The monoisotopic (exact) mass is 432 g/mol. The first-order valence-corrected chi connectivity index (χ1v) is 10.2. The van der Waals surface area contributed by atoms with Crippen LogP contribution in [0, 0.1) is 0 Å². The molecule has 1 saturated heterocycles. The van der Waals surface area contributed by atoms with E-state index < -0.39 is 23.3 Å². The van der Waals surface area contributed by atoms with Gasteiger partial charge < -0.3 is 15.7 Å². The van der Waals surface area contributed by atoms with Gasteiger partial charge in [-0.25, -0.2) is 4.79 Å². The Morgan fingerprint density at radius 2 is 2.17 bits per heavy atom. The summed E-state index contributed by atoms with van der Waals surface area (Å²) in [6, 6.07) is 6.32. The van der Waals surface area contributed by atoms with Crippen LogP contribution in [0.25, 0.3) is 10.9 Å². The Bertz CT molecular complexity index is 1070. The standard InChI is InChI=1S/C19H17ClN4O4S/c1-9-8-29-18-15(17(26)24(18)16(9)19(27)28)23-14(25)7-22-12-4-5-21-13-6-10(20)2-3-11(12)13/h2-6,15,18H,7-8H2,1H3,(H,21,22)(H,23,25)(H,27,28)/t15-,18-/m1/s1. The smallest absolute Gasteiger partial charge is 0.352 e. The largest absolute Gasteiger partial charge is 0.477 e. The first-order chi connectivity index (χ1) is 13.9. The van der Waals surface area contributed by atoms with Crippen LogP contribution in [0.5, 0.6) is 0 Å². The molecule has 0 aliphatic carbocycles. The molecule has 8 nitrogen and oxygen atoms in total. The summed E-state index contributed by atoms with van der Waals surface area (Å²) in [4.78, 5) is 41.8. The second-order valence-corrected chi connectivity index (χ2v) is 8.30. The van der Waals surface area contributed by atoms with E-state index in [2.05, 4.69) is 15.6 Å². The average Bonchev–Trinajstić information content (AvgIpc) is 2.69. The normalized spacial score (nSPS) is 20.9. The third-order valence-corrected chi connectivity index (χ3v) is 6.48. The first kappa shape index (κ1) is 19.5. The number of carbonyl (C=O) groups is 3. The lowest BCUT2D eigenvalue weighted by Gasteiger charge is -2.49. The number of rotatable bonds is 5. The Morgan fingerprint density at radius 1 is 1.38 bits per heavy atom. The van der Waals surface area contributed by atoms with E-state index >= 15 is 0 Å². The highest BCUT2D eigenvalue weighted by Gasteiger charge is 2.53. The van der Waals surface area contributed by atoms with Crippen molar-refractivity contribution in [1.82, 2.24) is 15.2 Å². The molecule has 29 heavy (non-hydrogen) atoms. The summed E-state index contributed by atoms with van der Waals surface area (Å²) in [6.45, 7) is 1.66. The van der Waals surface area contributed by atoms with Gasteiger partial charge in [-0.2, -0.15) is 0 Å². The molecule has 150 valence electrons. The molecule has 3 N–H and O–H groups in total. The van der Waals surface area contributed by atoms with Gasteiger partial charge in [0.2, 0.25) is 5.91 Å². The van der Waals surface area contributed by atoms with Crippen molar-refractivity contribution in [3.8, 4) is 0 Å². The van der Waals surface area contributed by atoms with Crippen LogP contribution in [-0.2, 0) is 14.4 Å². The van der Waals surface area contributed by atoms with E-state index in [4.69, 9.17) is 11.6 Å². The maximum absolute atomic E-state index is 12.4. The second kappa shape index (κ2) is 7.57. The molecule has 2 atom stereocenters. The summed E-state index contributed by atoms with van der Waals surface area (Å²) in [5.74, 6) is -1.38. The predicted octanol–water partition coefficient (Wildman–Crippen LogP) is 2.06. The molecule has 0 saturated carbocycles.